The maximum absolute atomic E-state index is 5.96. The molecule has 0 aromatic carbocycles. The summed E-state index contributed by atoms with van der Waals surface area (Å²) in [5.41, 5.74) is 0.309. The highest BCUT2D eigenvalue weighted by Crippen LogP contribution is 2.24. The third-order valence-electron chi connectivity index (χ3n) is 3.35. The van der Waals surface area contributed by atoms with Crippen LogP contribution in [0.2, 0.25) is 4.34 Å². The first-order chi connectivity index (χ1) is 8.82. The zero-order chi connectivity index (χ0) is 14.5. The number of halogens is 1. The van der Waals surface area contributed by atoms with Crippen LogP contribution in [0.4, 0.5) is 0 Å². The molecule has 110 valence electrons. The van der Waals surface area contributed by atoms with Crippen molar-refractivity contribution in [1.82, 2.24) is 10.2 Å². The van der Waals surface area contributed by atoms with Gasteiger partial charge in [-0.2, -0.15) is 0 Å². The highest BCUT2D eigenvalue weighted by molar-refractivity contribution is 7.16. The molecule has 0 saturated heterocycles. The summed E-state index contributed by atoms with van der Waals surface area (Å²) in [6.45, 7) is 12.2. The largest absolute Gasteiger partial charge is 0.314 e. The van der Waals surface area contributed by atoms with E-state index in [1.54, 1.807) is 11.3 Å². The van der Waals surface area contributed by atoms with Crippen molar-refractivity contribution in [2.45, 2.75) is 46.7 Å². The highest BCUT2D eigenvalue weighted by atomic mass is 35.5. The van der Waals surface area contributed by atoms with Crippen LogP contribution in [-0.2, 0) is 6.54 Å². The van der Waals surface area contributed by atoms with Crippen LogP contribution in [0.25, 0.3) is 0 Å². The van der Waals surface area contributed by atoms with Crippen LogP contribution in [0.5, 0.6) is 0 Å². The summed E-state index contributed by atoms with van der Waals surface area (Å²) in [6.07, 6.45) is 1.17. The molecule has 0 aliphatic carbocycles. The summed E-state index contributed by atoms with van der Waals surface area (Å²) in [6, 6.07) is 4.66. The molecule has 1 unspecified atom stereocenters. The number of hydrogen-bond acceptors (Lipinski definition) is 3. The first-order valence-corrected chi connectivity index (χ1v) is 8.18. The van der Waals surface area contributed by atoms with Crippen LogP contribution in [0.15, 0.2) is 12.1 Å². The van der Waals surface area contributed by atoms with E-state index in [4.69, 9.17) is 11.6 Å². The molecule has 1 aromatic rings. The zero-order valence-corrected chi connectivity index (χ0v) is 14.4. The van der Waals surface area contributed by atoms with Crippen molar-refractivity contribution in [3.63, 3.8) is 0 Å². The molecule has 0 amide bonds. The first-order valence-electron chi connectivity index (χ1n) is 6.99. The maximum Gasteiger partial charge on any atom is 0.0931 e. The molecule has 0 radical (unpaired) electrons. The van der Waals surface area contributed by atoms with Crippen molar-refractivity contribution in [2.24, 2.45) is 5.41 Å². The van der Waals surface area contributed by atoms with Gasteiger partial charge in [-0.25, -0.2) is 0 Å². The maximum atomic E-state index is 5.96. The molecule has 0 fully saturated rings. The molecule has 4 heteroatoms. The standard InChI is InChI=1S/C15H27ClN2S/c1-6-17-13(15(2,3)4)9-10-18(5)11-12-7-8-14(16)19-12/h7-8,13,17H,6,9-11H2,1-5H3. The normalized spacial score (nSPS) is 14.1. The Labute approximate surface area is 127 Å². The highest BCUT2D eigenvalue weighted by Gasteiger charge is 2.23. The van der Waals surface area contributed by atoms with Gasteiger partial charge < -0.3 is 10.2 Å². The van der Waals surface area contributed by atoms with E-state index < -0.39 is 0 Å². The number of hydrogen-bond donors (Lipinski definition) is 1. The summed E-state index contributed by atoms with van der Waals surface area (Å²) in [5.74, 6) is 0. The van der Waals surface area contributed by atoms with Gasteiger partial charge in [-0.1, -0.05) is 39.3 Å². The topological polar surface area (TPSA) is 15.3 Å². The van der Waals surface area contributed by atoms with Gasteiger partial charge >= 0.3 is 0 Å². The van der Waals surface area contributed by atoms with Crippen LogP contribution in [-0.4, -0.2) is 31.1 Å². The molecule has 2 nitrogen and oxygen atoms in total. The third kappa shape index (κ3) is 6.26. The minimum atomic E-state index is 0.309. The van der Waals surface area contributed by atoms with Gasteiger partial charge in [-0.3, -0.25) is 0 Å². The fourth-order valence-electron chi connectivity index (χ4n) is 2.22. The van der Waals surface area contributed by atoms with Crippen molar-refractivity contribution < 1.29 is 0 Å². The van der Waals surface area contributed by atoms with Crippen LogP contribution in [0.3, 0.4) is 0 Å². The smallest absolute Gasteiger partial charge is 0.0931 e. The molecule has 0 spiro atoms. The van der Waals surface area contributed by atoms with Crippen LogP contribution >= 0.6 is 22.9 Å². The molecule has 1 N–H and O–H groups in total. The molecule has 0 bridgehead atoms. The molecule has 1 rings (SSSR count). The second kappa shape index (κ2) is 7.63. The Balaban J connectivity index is 2.41. The quantitative estimate of drug-likeness (QED) is 0.810. The lowest BCUT2D eigenvalue weighted by molar-refractivity contribution is 0.221. The Kier molecular flexibility index (Phi) is 6.81. The SMILES string of the molecule is CCNC(CCN(C)Cc1ccc(Cl)s1)C(C)(C)C. The average molecular weight is 303 g/mol. The van der Waals surface area contributed by atoms with Gasteiger partial charge in [0.25, 0.3) is 0 Å². The van der Waals surface area contributed by atoms with E-state index >= 15 is 0 Å². The minimum Gasteiger partial charge on any atom is -0.314 e. The molecule has 0 aliphatic heterocycles. The van der Waals surface area contributed by atoms with E-state index in [-0.39, 0.29) is 0 Å². The third-order valence-corrected chi connectivity index (χ3v) is 4.57. The Morgan fingerprint density at radius 1 is 1.37 bits per heavy atom. The zero-order valence-electron chi connectivity index (χ0n) is 12.8. The predicted octanol–water partition coefficient (Wildman–Crippen LogP) is 4.25. The second-order valence-electron chi connectivity index (χ2n) is 6.21. The van der Waals surface area contributed by atoms with Gasteiger partial charge in [0.05, 0.1) is 4.34 Å². The lowest BCUT2D eigenvalue weighted by Gasteiger charge is -2.32. The fourth-order valence-corrected chi connectivity index (χ4v) is 3.39. The van der Waals surface area contributed by atoms with Crippen molar-refractivity contribution >= 4 is 22.9 Å². The minimum absolute atomic E-state index is 0.309. The van der Waals surface area contributed by atoms with Gasteiger partial charge in [0.1, 0.15) is 0 Å². The lowest BCUT2D eigenvalue weighted by Crippen LogP contribution is -2.42. The molecular weight excluding hydrogens is 276 g/mol. The predicted molar refractivity (Wildman–Crippen MR) is 87.2 cm³/mol. The van der Waals surface area contributed by atoms with E-state index in [1.807, 2.05) is 6.07 Å². The van der Waals surface area contributed by atoms with Crippen molar-refractivity contribution in [2.75, 3.05) is 20.1 Å². The van der Waals surface area contributed by atoms with E-state index in [9.17, 15) is 0 Å². The molecule has 19 heavy (non-hydrogen) atoms. The van der Waals surface area contributed by atoms with Crippen LogP contribution < -0.4 is 5.32 Å². The Morgan fingerprint density at radius 3 is 2.53 bits per heavy atom. The van der Waals surface area contributed by atoms with Crippen molar-refractivity contribution in [1.29, 1.82) is 0 Å². The summed E-state index contributed by atoms with van der Waals surface area (Å²) < 4.78 is 0.878. The molecule has 0 saturated carbocycles. The van der Waals surface area contributed by atoms with Gasteiger partial charge in [0.15, 0.2) is 0 Å². The van der Waals surface area contributed by atoms with Gasteiger partial charge in [0, 0.05) is 17.5 Å². The van der Waals surface area contributed by atoms with E-state index in [1.165, 1.54) is 11.3 Å². The van der Waals surface area contributed by atoms with Gasteiger partial charge in [-0.05, 0) is 44.1 Å². The molecule has 0 aliphatic rings. The summed E-state index contributed by atoms with van der Waals surface area (Å²) in [7, 11) is 2.18. The molecular formula is C15H27ClN2S. The van der Waals surface area contributed by atoms with Crippen LogP contribution in [0.1, 0.15) is 39.0 Å². The van der Waals surface area contributed by atoms with Gasteiger partial charge in [-0.15, -0.1) is 11.3 Å². The van der Waals surface area contributed by atoms with Gasteiger partial charge in [0.2, 0.25) is 0 Å². The fraction of sp³-hybridized carbons (Fsp3) is 0.733. The lowest BCUT2D eigenvalue weighted by atomic mass is 9.84. The summed E-state index contributed by atoms with van der Waals surface area (Å²) in [5, 5.41) is 3.60. The van der Waals surface area contributed by atoms with Crippen molar-refractivity contribution in [3.05, 3.63) is 21.3 Å². The number of rotatable bonds is 7. The monoisotopic (exact) mass is 302 g/mol. The van der Waals surface area contributed by atoms with E-state index in [0.717, 1.165) is 24.0 Å². The average Bonchev–Trinajstić information content (AvgIpc) is 2.68. The summed E-state index contributed by atoms with van der Waals surface area (Å²) >= 11 is 7.64. The first kappa shape index (κ1) is 17.0. The second-order valence-corrected chi connectivity index (χ2v) is 8.01. The Morgan fingerprint density at radius 2 is 2.05 bits per heavy atom. The number of thiophene rings is 1. The van der Waals surface area contributed by atoms with Crippen molar-refractivity contribution in [3.8, 4) is 0 Å². The van der Waals surface area contributed by atoms with E-state index in [2.05, 4.69) is 51.0 Å². The number of nitrogens with one attached hydrogen (secondary N) is 1. The molecule has 1 heterocycles. The molecule has 1 atom stereocenters. The Bertz CT molecular complexity index is 370. The Hall–Kier alpha value is -0.0900. The summed E-state index contributed by atoms with van der Waals surface area (Å²) in [4.78, 5) is 3.71. The number of nitrogens with zero attached hydrogens (tertiary/aromatic N) is 1. The van der Waals surface area contributed by atoms with Crippen LogP contribution in [0, 0.1) is 5.41 Å². The molecule has 1 aromatic heterocycles. The van der Waals surface area contributed by atoms with E-state index in [0.29, 0.717) is 11.5 Å².